The van der Waals surface area contributed by atoms with Crippen LogP contribution in [0, 0.1) is 25.6 Å². The molecule has 33 heteroatoms. The maximum atomic E-state index is 11.7. The fourth-order valence-corrected chi connectivity index (χ4v) is 12.4. The second kappa shape index (κ2) is 40.8. The minimum absolute atomic E-state index is 0.00318. The number of nitrogens with zero attached hydrogens (tertiary/aromatic N) is 12. The number of benzene rings is 12. The molecule has 0 aliphatic carbocycles. The molecule has 0 amide bonds. The summed E-state index contributed by atoms with van der Waals surface area (Å²) in [7, 11) is 2.66. The monoisotopic (exact) mass is 1730 g/mol. The van der Waals surface area contributed by atoms with Gasteiger partial charge >= 0.3 is 34.4 Å². The first-order valence-electron chi connectivity index (χ1n) is 38.3. The number of nitrogens with two attached hydrogens (primary N) is 1. The average molecular weight is 1730 g/mol. The van der Waals surface area contributed by atoms with Crippen molar-refractivity contribution in [1.29, 1.82) is 4.78 Å². The maximum Gasteiger partial charge on any atom is 0.337 e. The molecule has 16 rings (SSSR count). The maximum absolute atomic E-state index is 11.7. The molecule has 11 N–H and O–H groups in total. The highest BCUT2D eigenvalue weighted by Gasteiger charge is 2.24. The molecule has 0 atom stereocenters. The van der Waals surface area contributed by atoms with Crippen LogP contribution in [0.15, 0.2) is 267 Å². The van der Waals surface area contributed by atoms with Crippen LogP contribution in [-0.4, -0.2) is 161 Å². The van der Waals surface area contributed by atoms with Crippen LogP contribution in [0.2, 0.25) is 0 Å². The number of nitrogen functional groups attached to an aromatic ring is 1. The van der Waals surface area contributed by atoms with E-state index in [1.54, 1.807) is 282 Å². The Labute approximate surface area is 731 Å². The summed E-state index contributed by atoms with van der Waals surface area (Å²) < 4.78 is 41.8. The molecule has 4 aromatic heterocycles. The number of rotatable bonds is 16. The SMILES string of the molecule is COC(=O)c1ccc(-c2nc(-c3ccccc3O)nc(-c3cccc(C)c3O)n2)cc1.COC(=O)c1ccc(-c2nc(-c3ccccc3O)nc(-c3cccc(C)c3O)n2)cc1.COC(=O)c1ccc(-c2nc(-c3ccccc3O)nc(-c3cccc(C)c3O)n2)cc1.COC(=O)c1ccc(-c2nc(-c3ccccc3O)nc(-c3cccc(N)c3O)n2)cc1.N=S(=O)=O. The summed E-state index contributed by atoms with van der Waals surface area (Å²) in [6, 6.07) is 74.2. The van der Waals surface area contributed by atoms with Crippen LogP contribution in [0.4, 0.5) is 5.69 Å². The Balaban J connectivity index is 0.000000152. The highest BCUT2D eigenvalue weighted by Crippen LogP contribution is 2.40. The van der Waals surface area contributed by atoms with Gasteiger partial charge in [0.15, 0.2) is 69.9 Å². The number of carbonyl (C=O) groups is 4. The van der Waals surface area contributed by atoms with Gasteiger partial charge < -0.3 is 65.5 Å². The van der Waals surface area contributed by atoms with Crippen molar-refractivity contribution in [3.05, 3.63) is 306 Å². The number of esters is 4. The van der Waals surface area contributed by atoms with Crippen molar-refractivity contribution in [3.63, 3.8) is 0 Å². The predicted molar refractivity (Wildman–Crippen MR) is 473 cm³/mol. The Kier molecular flexibility index (Phi) is 28.6. The molecule has 32 nitrogen and oxygen atoms in total. The van der Waals surface area contributed by atoms with Crippen molar-refractivity contribution in [2.45, 2.75) is 20.8 Å². The molecule has 128 heavy (non-hydrogen) atoms. The van der Waals surface area contributed by atoms with Gasteiger partial charge in [0.05, 0.1) is 101 Å². The highest BCUT2D eigenvalue weighted by atomic mass is 32.2. The molecule has 0 aliphatic rings. The Morgan fingerprint density at radius 2 is 0.422 bits per heavy atom. The van der Waals surface area contributed by atoms with E-state index in [1.165, 1.54) is 34.5 Å². The normalized spacial score (nSPS) is 10.5. The third-order valence-electron chi connectivity index (χ3n) is 19.1. The smallest absolute Gasteiger partial charge is 0.337 e. The zero-order chi connectivity index (χ0) is 91.4. The number of aromatic hydroxyl groups is 8. The Morgan fingerprint density at radius 1 is 0.250 bits per heavy atom. The largest absolute Gasteiger partial charge is 0.507 e. The zero-order valence-corrected chi connectivity index (χ0v) is 69.7. The Bertz CT molecular complexity index is 6160. The molecule has 0 saturated heterocycles. The van der Waals surface area contributed by atoms with Gasteiger partial charge in [0.2, 0.25) is 0 Å². The van der Waals surface area contributed by atoms with Crippen LogP contribution in [0.1, 0.15) is 58.1 Å². The Hall–Kier alpha value is -17.6. The second-order valence-electron chi connectivity index (χ2n) is 27.5. The van der Waals surface area contributed by atoms with E-state index < -0.39 is 34.4 Å². The number of anilines is 1. The lowest BCUT2D eigenvalue weighted by Crippen LogP contribution is -2.02. The van der Waals surface area contributed by atoms with Crippen LogP contribution in [-0.2, 0) is 29.4 Å². The molecule has 0 aliphatic heterocycles. The van der Waals surface area contributed by atoms with Crippen LogP contribution in [0.25, 0.3) is 137 Å². The summed E-state index contributed by atoms with van der Waals surface area (Å²) in [5, 5.41) is 83.3. The first kappa shape index (κ1) is 89.6. The molecule has 0 bridgehead atoms. The number of hydrogen-bond acceptors (Lipinski definition) is 32. The average Bonchev–Trinajstić information content (AvgIpc) is 0.798. The molecule has 0 saturated carbocycles. The van der Waals surface area contributed by atoms with E-state index in [9.17, 15) is 60.0 Å². The fraction of sp³-hybridized carbons (Fsp3) is 0.0737. The highest BCUT2D eigenvalue weighted by molar-refractivity contribution is 7.60. The number of phenolic OH excluding ortho intramolecular Hbond substituents is 8. The van der Waals surface area contributed by atoms with Crippen molar-refractivity contribution in [1.82, 2.24) is 59.8 Å². The first-order valence-corrected chi connectivity index (χ1v) is 39.4. The van der Waals surface area contributed by atoms with Crippen LogP contribution in [0.3, 0.4) is 0 Å². The third kappa shape index (κ3) is 21.3. The van der Waals surface area contributed by atoms with E-state index in [4.69, 9.17) is 37.9 Å². The number of methoxy groups -OCH3 is 4. The lowest BCUT2D eigenvalue weighted by molar-refractivity contribution is 0.0592. The number of hydrogen-bond donors (Lipinski definition) is 10. The van der Waals surface area contributed by atoms with Crippen LogP contribution in [0.5, 0.6) is 46.0 Å². The minimum atomic E-state index is -2.61. The van der Waals surface area contributed by atoms with Crippen molar-refractivity contribution >= 4 is 40.1 Å². The van der Waals surface area contributed by atoms with Gasteiger partial charge in [-0.15, -0.1) is 0 Å². The predicted octanol–water partition coefficient (Wildman–Crippen LogP) is 16.4. The molecular weight excluding hydrogens is 1660 g/mol. The van der Waals surface area contributed by atoms with Gasteiger partial charge in [0, 0.05) is 22.3 Å². The minimum Gasteiger partial charge on any atom is -0.507 e. The molecule has 4 heterocycles. The fourth-order valence-electron chi connectivity index (χ4n) is 12.4. The first-order chi connectivity index (χ1) is 61.6. The van der Waals surface area contributed by atoms with Crippen molar-refractivity contribution in [2.75, 3.05) is 34.2 Å². The van der Waals surface area contributed by atoms with Crippen LogP contribution < -0.4 is 5.73 Å². The van der Waals surface area contributed by atoms with E-state index in [0.717, 1.165) is 0 Å². The van der Waals surface area contributed by atoms with E-state index in [1.807, 2.05) is 0 Å². The van der Waals surface area contributed by atoms with Crippen molar-refractivity contribution in [3.8, 4) is 183 Å². The Morgan fingerprint density at radius 3 is 0.625 bits per heavy atom. The number of phenols is 8. The van der Waals surface area contributed by atoms with Crippen molar-refractivity contribution < 1.29 is 87.4 Å². The summed E-state index contributed by atoms with van der Waals surface area (Å²) in [5.74, 6) is 1.65. The quantitative estimate of drug-likeness (QED) is 0.0186. The van der Waals surface area contributed by atoms with Gasteiger partial charge in [0.1, 0.15) is 46.0 Å². The van der Waals surface area contributed by atoms with Gasteiger partial charge in [-0.05, 0) is 165 Å². The zero-order valence-electron chi connectivity index (χ0n) is 68.9. The second-order valence-corrected chi connectivity index (χ2v) is 27.9. The van der Waals surface area contributed by atoms with Gasteiger partial charge in [-0.25, -0.2) is 79.0 Å². The van der Waals surface area contributed by atoms with Gasteiger partial charge in [-0.1, -0.05) is 140 Å². The molecule has 640 valence electrons. The van der Waals surface area contributed by atoms with E-state index in [-0.39, 0.29) is 98.3 Å². The molecule has 0 unspecified atom stereocenters. The van der Waals surface area contributed by atoms with Gasteiger partial charge in [-0.2, -0.15) is 13.2 Å². The number of nitrogens with one attached hydrogen (secondary N) is 1. The van der Waals surface area contributed by atoms with Gasteiger partial charge in [0.25, 0.3) is 0 Å². The van der Waals surface area contributed by atoms with E-state index in [0.29, 0.717) is 129 Å². The number of ether oxygens (including phenoxy) is 4. The lowest BCUT2D eigenvalue weighted by atomic mass is 10.1. The summed E-state index contributed by atoms with van der Waals surface area (Å²) >= 11 is 0. The number of carbonyl (C=O) groups excluding carboxylic acids is 4. The number of aryl methyl sites for hydroxylation is 3. The molecule has 16 aromatic rings. The summed E-state index contributed by atoms with van der Waals surface area (Å²) in [6.07, 6.45) is 0. The number of aromatic nitrogens is 12. The topological polar surface area (TPSA) is 506 Å². The molecule has 0 spiro atoms. The molecular formula is C95H76N14O18S. The van der Waals surface area contributed by atoms with Gasteiger partial charge in [-0.3, -0.25) is 0 Å². The number of para-hydroxylation sites is 8. The lowest BCUT2D eigenvalue weighted by Gasteiger charge is -2.11. The molecule has 0 fully saturated rings. The molecule has 12 aromatic carbocycles. The summed E-state index contributed by atoms with van der Waals surface area (Å²) in [6.45, 7) is 5.36. The standard InChI is InChI=1S/3C24H19N3O4.C23H18N4O4.HNO2S/c3*1-14-6-5-8-18(20(14)29)23-26-21(15-10-12-16(13-11-15)24(30)31-2)25-22(27-23)17-7-3-4-9-19(17)28;1-31-23(30)14-11-9-13(10-12-14)20-25-21(15-5-2-3-8-18(15)28)27-22(26-20)16-6-4-7-17(24)19(16)29;1-4(2)3/h3*3-13,28-29H,1-2H3;2-12,28-29H,24H2,1H3;1H. The summed E-state index contributed by atoms with van der Waals surface area (Å²) in [5.41, 5.74) is 15.6. The summed E-state index contributed by atoms with van der Waals surface area (Å²) in [4.78, 5) is 101. The van der Waals surface area contributed by atoms with Crippen molar-refractivity contribution in [2.24, 2.45) is 0 Å². The molecule has 0 radical (unpaired) electrons. The third-order valence-corrected chi connectivity index (χ3v) is 19.1. The van der Waals surface area contributed by atoms with E-state index in [2.05, 4.69) is 59.8 Å². The van der Waals surface area contributed by atoms with Crippen LogP contribution >= 0.6 is 0 Å². The van der Waals surface area contributed by atoms with E-state index >= 15 is 0 Å².